The summed E-state index contributed by atoms with van der Waals surface area (Å²) in [5, 5.41) is 22.1. The van der Waals surface area contributed by atoms with Gasteiger partial charge < -0.3 is 14.6 Å². The number of hydrogen-bond donors (Lipinski definition) is 1. The lowest BCUT2D eigenvalue weighted by atomic mass is 10.1. The Kier molecular flexibility index (Phi) is 6.21. The van der Waals surface area contributed by atoms with Crippen molar-refractivity contribution < 1.29 is 32.7 Å². The predicted molar refractivity (Wildman–Crippen MR) is 109 cm³/mol. The Bertz CT molecular complexity index is 1230. The van der Waals surface area contributed by atoms with E-state index >= 15 is 0 Å². The second-order valence-electron chi connectivity index (χ2n) is 6.28. The average Bonchev–Trinajstić information content (AvgIpc) is 2.78. The van der Waals surface area contributed by atoms with E-state index in [-0.39, 0.29) is 11.5 Å². The van der Waals surface area contributed by atoms with Crippen molar-refractivity contribution in [3.63, 3.8) is 0 Å². The number of aromatic hydroxyl groups is 1. The number of phenolic OH excluding ortho intramolecular Hbond substituents is 1. The molecular formula is C21H17NO8S. The van der Waals surface area contributed by atoms with Crippen LogP contribution in [0.5, 0.6) is 11.5 Å². The summed E-state index contributed by atoms with van der Waals surface area (Å²) in [6.07, 6.45) is 0. The summed E-state index contributed by atoms with van der Waals surface area (Å²) in [6, 6.07) is 16.7. The molecule has 160 valence electrons. The lowest BCUT2D eigenvalue weighted by molar-refractivity contribution is -0.386. The molecule has 0 aromatic heterocycles. The number of ether oxygens (including phenoxy) is 2. The molecular weight excluding hydrogens is 426 g/mol. The topological polar surface area (TPSA) is 133 Å². The summed E-state index contributed by atoms with van der Waals surface area (Å²) >= 11 is 0. The summed E-state index contributed by atoms with van der Waals surface area (Å²) in [6.45, 7) is -0.103. The molecule has 3 rings (SSSR count). The van der Waals surface area contributed by atoms with E-state index < -0.39 is 48.4 Å². The van der Waals surface area contributed by atoms with E-state index in [1.807, 2.05) is 0 Å². The SMILES string of the molecule is COC(=O)c1c(S(=O)(=O)c2ccccc2)cc(OCc2ccccc2)c(O)c1[N+](=O)[O-]. The molecule has 0 spiro atoms. The molecule has 0 amide bonds. The Morgan fingerprint density at radius 3 is 2.19 bits per heavy atom. The van der Waals surface area contributed by atoms with Crippen LogP contribution in [0.25, 0.3) is 0 Å². The highest BCUT2D eigenvalue weighted by Gasteiger charge is 2.38. The average molecular weight is 443 g/mol. The van der Waals surface area contributed by atoms with Gasteiger partial charge in [0.1, 0.15) is 6.61 Å². The van der Waals surface area contributed by atoms with Gasteiger partial charge >= 0.3 is 11.7 Å². The smallest absolute Gasteiger partial charge is 0.346 e. The van der Waals surface area contributed by atoms with E-state index in [9.17, 15) is 28.4 Å². The highest BCUT2D eigenvalue weighted by atomic mass is 32.2. The molecule has 0 saturated carbocycles. The molecule has 0 unspecified atom stereocenters. The number of benzene rings is 3. The van der Waals surface area contributed by atoms with Crippen molar-refractivity contribution in [2.24, 2.45) is 0 Å². The van der Waals surface area contributed by atoms with Crippen LogP contribution in [-0.2, 0) is 21.2 Å². The van der Waals surface area contributed by atoms with Crippen LogP contribution in [0.2, 0.25) is 0 Å². The van der Waals surface area contributed by atoms with Crippen LogP contribution in [0, 0.1) is 10.1 Å². The summed E-state index contributed by atoms with van der Waals surface area (Å²) in [7, 11) is -3.45. The molecule has 0 aliphatic carbocycles. The minimum Gasteiger partial charge on any atom is -0.499 e. The number of nitro groups is 1. The summed E-state index contributed by atoms with van der Waals surface area (Å²) in [5.74, 6) is -2.72. The number of hydrogen-bond acceptors (Lipinski definition) is 8. The number of carbonyl (C=O) groups is 1. The maximum Gasteiger partial charge on any atom is 0.346 e. The number of nitro benzene ring substituents is 1. The van der Waals surface area contributed by atoms with Gasteiger partial charge in [-0.05, 0) is 17.7 Å². The molecule has 10 heteroatoms. The van der Waals surface area contributed by atoms with E-state index in [1.54, 1.807) is 36.4 Å². The first kappa shape index (κ1) is 21.8. The van der Waals surface area contributed by atoms with Crippen LogP contribution in [0.1, 0.15) is 15.9 Å². The van der Waals surface area contributed by atoms with E-state index in [0.29, 0.717) is 5.56 Å². The van der Waals surface area contributed by atoms with E-state index in [0.717, 1.165) is 13.2 Å². The molecule has 1 N–H and O–H groups in total. The molecule has 0 aliphatic heterocycles. The Morgan fingerprint density at radius 1 is 1.06 bits per heavy atom. The number of sulfone groups is 1. The fraction of sp³-hybridized carbons (Fsp3) is 0.0952. The zero-order valence-corrected chi connectivity index (χ0v) is 17.0. The number of rotatable bonds is 7. The minimum atomic E-state index is -4.40. The first-order valence-corrected chi connectivity index (χ1v) is 10.3. The lowest BCUT2D eigenvalue weighted by Gasteiger charge is -2.15. The predicted octanol–water partition coefficient (Wildman–Crippen LogP) is 3.50. The second kappa shape index (κ2) is 8.84. The standard InChI is InChI=1S/C21H17NO8S/c1-29-21(24)18-17(31(27,28)15-10-6-3-7-11-15)12-16(20(23)19(18)22(25)26)30-13-14-8-4-2-5-9-14/h2-12,23H,13H2,1H3. The van der Waals surface area contributed by atoms with Crippen molar-refractivity contribution >= 4 is 21.5 Å². The largest absolute Gasteiger partial charge is 0.499 e. The molecule has 9 nitrogen and oxygen atoms in total. The number of phenols is 1. The Balaban J connectivity index is 2.25. The maximum atomic E-state index is 13.2. The van der Waals surface area contributed by atoms with Gasteiger partial charge in [0, 0.05) is 6.07 Å². The van der Waals surface area contributed by atoms with E-state index in [2.05, 4.69) is 4.74 Å². The Morgan fingerprint density at radius 2 is 1.65 bits per heavy atom. The molecule has 0 fully saturated rings. The van der Waals surface area contributed by atoms with Gasteiger partial charge in [-0.2, -0.15) is 0 Å². The van der Waals surface area contributed by atoms with Crippen LogP contribution in [0.15, 0.2) is 76.5 Å². The molecule has 3 aromatic carbocycles. The normalized spacial score (nSPS) is 11.0. The van der Waals surface area contributed by atoms with Crippen molar-refractivity contribution in [1.82, 2.24) is 0 Å². The third kappa shape index (κ3) is 4.33. The van der Waals surface area contributed by atoms with Gasteiger partial charge in [0.25, 0.3) is 0 Å². The molecule has 31 heavy (non-hydrogen) atoms. The van der Waals surface area contributed by atoms with Crippen LogP contribution < -0.4 is 4.74 Å². The van der Waals surface area contributed by atoms with Gasteiger partial charge in [0.05, 0.1) is 21.8 Å². The van der Waals surface area contributed by atoms with Crippen molar-refractivity contribution in [2.75, 3.05) is 7.11 Å². The molecule has 0 saturated heterocycles. The van der Waals surface area contributed by atoms with Crippen molar-refractivity contribution in [1.29, 1.82) is 0 Å². The quantitative estimate of drug-likeness (QED) is 0.333. The zero-order chi connectivity index (χ0) is 22.6. The van der Waals surface area contributed by atoms with Gasteiger partial charge in [0.15, 0.2) is 11.3 Å². The van der Waals surface area contributed by atoms with Crippen LogP contribution >= 0.6 is 0 Å². The lowest BCUT2D eigenvalue weighted by Crippen LogP contribution is -2.15. The Hall–Kier alpha value is -3.92. The summed E-state index contributed by atoms with van der Waals surface area (Å²) < 4.78 is 36.5. The molecule has 0 radical (unpaired) electrons. The maximum absolute atomic E-state index is 13.2. The Labute approximate surface area is 177 Å². The van der Waals surface area contributed by atoms with Crippen molar-refractivity contribution in [3.05, 3.63) is 88.0 Å². The minimum absolute atomic E-state index is 0.103. The zero-order valence-electron chi connectivity index (χ0n) is 16.2. The third-order valence-corrected chi connectivity index (χ3v) is 6.15. The van der Waals surface area contributed by atoms with Crippen LogP contribution in [-0.4, -0.2) is 31.5 Å². The fourth-order valence-electron chi connectivity index (χ4n) is 2.87. The van der Waals surface area contributed by atoms with Gasteiger partial charge in [0.2, 0.25) is 15.6 Å². The first-order valence-electron chi connectivity index (χ1n) is 8.87. The number of methoxy groups -OCH3 is 1. The van der Waals surface area contributed by atoms with Crippen LogP contribution in [0.3, 0.4) is 0 Å². The molecule has 0 bridgehead atoms. The number of nitrogens with zero attached hydrogens (tertiary/aromatic N) is 1. The van der Waals surface area contributed by atoms with Crippen LogP contribution in [0.4, 0.5) is 5.69 Å². The van der Waals surface area contributed by atoms with Gasteiger partial charge in [-0.3, -0.25) is 10.1 Å². The fourth-order valence-corrected chi connectivity index (χ4v) is 4.35. The summed E-state index contributed by atoms with van der Waals surface area (Å²) in [5.41, 5.74) is -1.33. The molecule has 0 heterocycles. The molecule has 0 atom stereocenters. The molecule has 3 aromatic rings. The number of carbonyl (C=O) groups excluding carboxylic acids is 1. The molecule has 0 aliphatic rings. The monoisotopic (exact) mass is 443 g/mol. The van der Waals surface area contributed by atoms with Crippen molar-refractivity contribution in [2.45, 2.75) is 16.4 Å². The van der Waals surface area contributed by atoms with Gasteiger partial charge in [-0.25, -0.2) is 13.2 Å². The number of esters is 1. The van der Waals surface area contributed by atoms with E-state index in [4.69, 9.17) is 4.74 Å². The van der Waals surface area contributed by atoms with Gasteiger partial charge in [-0.1, -0.05) is 48.5 Å². The van der Waals surface area contributed by atoms with Crippen molar-refractivity contribution in [3.8, 4) is 11.5 Å². The second-order valence-corrected chi connectivity index (χ2v) is 8.20. The highest BCUT2D eigenvalue weighted by molar-refractivity contribution is 7.91. The highest BCUT2D eigenvalue weighted by Crippen LogP contribution is 2.44. The van der Waals surface area contributed by atoms with E-state index in [1.165, 1.54) is 24.3 Å². The summed E-state index contributed by atoms with van der Waals surface area (Å²) in [4.78, 5) is 22.1. The van der Waals surface area contributed by atoms with Gasteiger partial charge in [-0.15, -0.1) is 0 Å². The third-order valence-electron chi connectivity index (χ3n) is 4.36. The first-order chi connectivity index (χ1) is 14.8.